The molecule has 1 rings (SSSR count). The summed E-state index contributed by atoms with van der Waals surface area (Å²) in [4.78, 5) is 13.8. The van der Waals surface area contributed by atoms with Gasteiger partial charge in [0.1, 0.15) is 5.78 Å². The summed E-state index contributed by atoms with van der Waals surface area (Å²) in [5, 5.41) is 0. The molecule has 0 saturated carbocycles. The average Bonchev–Trinajstić information content (AvgIpc) is 1.97. The number of hydrogen-bond acceptors (Lipinski definition) is 2. The summed E-state index contributed by atoms with van der Waals surface area (Å²) < 4.78 is 0. The summed E-state index contributed by atoms with van der Waals surface area (Å²) in [6.45, 7) is 9.70. The van der Waals surface area contributed by atoms with E-state index in [-0.39, 0.29) is 23.9 Å². The summed E-state index contributed by atoms with van der Waals surface area (Å²) in [6, 6.07) is 0.124. The Balaban J connectivity index is 0.00000169. The van der Waals surface area contributed by atoms with Crippen LogP contribution in [0.25, 0.3) is 0 Å². The lowest BCUT2D eigenvalue weighted by atomic mass is 9.75. The van der Waals surface area contributed by atoms with Crippen LogP contribution in [-0.2, 0) is 4.79 Å². The maximum absolute atomic E-state index is 11.6. The van der Waals surface area contributed by atoms with Crippen molar-refractivity contribution in [2.24, 2.45) is 11.3 Å². The number of ketones is 1. The molecule has 3 heteroatoms. The van der Waals surface area contributed by atoms with Crippen molar-refractivity contribution in [3.63, 3.8) is 0 Å². The van der Waals surface area contributed by atoms with Gasteiger partial charge in [0.15, 0.2) is 0 Å². The quantitative estimate of drug-likeness (QED) is 0.624. The van der Waals surface area contributed by atoms with Gasteiger partial charge in [-0.25, -0.2) is 0 Å². The monoisotopic (exact) mass is 219 g/mol. The summed E-state index contributed by atoms with van der Waals surface area (Å²) in [6.07, 6.45) is 0.759. The predicted molar refractivity (Wildman–Crippen MR) is 61.9 cm³/mol. The van der Waals surface area contributed by atoms with Crippen LogP contribution >= 0.6 is 12.4 Å². The molecule has 0 amide bonds. The maximum atomic E-state index is 11.6. The molecule has 0 radical (unpaired) electrons. The second kappa shape index (κ2) is 4.63. The van der Waals surface area contributed by atoms with Gasteiger partial charge in [-0.3, -0.25) is 9.69 Å². The number of Topliss-reactive ketones (excluding diaryl/α,β-unsaturated/α-hetero) is 1. The number of likely N-dealkylation sites (N-methyl/N-ethyl adjacent to an activating group) is 1. The molecule has 0 N–H and O–H groups in total. The van der Waals surface area contributed by atoms with Crippen molar-refractivity contribution in [1.29, 1.82) is 0 Å². The Labute approximate surface area is 93.5 Å². The van der Waals surface area contributed by atoms with Gasteiger partial charge in [-0.15, -0.1) is 12.4 Å². The third kappa shape index (κ3) is 2.96. The highest BCUT2D eigenvalue weighted by Gasteiger charge is 2.35. The fourth-order valence-corrected chi connectivity index (χ4v) is 1.81. The van der Waals surface area contributed by atoms with E-state index in [0.29, 0.717) is 11.7 Å². The van der Waals surface area contributed by atoms with Crippen molar-refractivity contribution in [2.45, 2.75) is 40.2 Å². The standard InChI is InChI=1S/C11H21NO.ClH/c1-8-10(13)6-9(7-12(8)5)11(2,3)4;/h8-9H,6-7H2,1-5H3;1H. The fraction of sp³-hybridized carbons (Fsp3) is 0.909. The molecule has 0 aromatic heterocycles. The first-order valence-corrected chi connectivity index (χ1v) is 5.05. The second-order valence-corrected chi connectivity index (χ2v) is 5.35. The van der Waals surface area contributed by atoms with Crippen LogP contribution in [0, 0.1) is 11.3 Å². The SMILES string of the molecule is CC1C(=O)CC(C(C)(C)C)CN1C.Cl. The van der Waals surface area contributed by atoms with Gasteiger partial charge in [-0.2, -0.15) is 0 Å². The molecule has 1 saturated heterocycles. The van der Waals surface area contributed by atoms with Gasteiger partial charge in [0, 0.05) is 13.0 Å². The lowest BCUT2D eigenvalue weighted by Gasteiger charge is -2.40. The summed E-state index contributed by atoms with van der Waals surface area (Å²) >= 11 is 0. The van der Waals surface area contributed by atoms with Crippen molar-refractivity contribution in [2.75, 3.05) is 13.6 Å². The third-order valence-electron chi connectivity index (χ3n) is 3.31. The Morgan fingerprint density at radius 2 is 1.86 bits per heavy atom. The van der Waals surface area contributed by atoms with Crippen LogP contribution in [0.2, 0.25) is 0 Å². The van der Waals surface area contributed by atoms with Crippen LogP contribution in [0.15, 0.2) is 0 Å². The van der Waals surface area contributed by atoms with Crippen molar-refractivity contribution >= 4 is 18.2 Å². The second-order valence-electron chi connectivity index (χ2n) is 5.35. The van der Waals surface area contributed by atoms with Crippen molar-refractivity contribution in [3.8, 4) is 0 Å². The maximum Gasteiger partial charge on any atom is 0.150 e. The van der Waals surface area contributed by atoms with E-state index in [1.54, 1.807) is 0 Å². The van der Waals surface area contributed by atoms with Gasteiger partial charge in [0.05, 0.1) is 6.04 Å². The molecule has 0 aromatic carbocycles. The van der Waals surface area contributed by atoms with E-state index in [1.807, 2.05) is 14.0 Å². The van der Waals surface area contributed by atoms with E-state index >= 15 is 0 Å². The minimum absolute atomic E-state index is 0. The molecule has 2 atom stereocenters. The normalized spacial score (nSPS) is 29.9. The molecule has 2 nitrogen and oxygen atoms in total. The van der Waals surface area contributed by atoms with E-state index in [1.165, 1.54) is 0 Å². The average molecular weight is 220 g/mol. The summed E-state index contributed by atoms with van der Waals surface area (Å²) in [5.74, 6) is 0.912. The third-order valence-corrected chi connectivity index (χ3v) is 3.31. The molecule has 84 valence electrons. The number of halogens is 1. The Bertz CT molecular complexity index is 210. The molecule has 1 heterocycles. The number of carbonyl (C=O) groups excluding carboxylic acids is 1. The van der Waals surface area contributed by atoms with Gasteiger partial charge >= 0.3 is 0 Å². The minimum Gasteiger partial charge on any atom is -0.298 e. The zero-order chi connectivity index (χ0) is 10.2. The van der Waals surface area contributed by atoms with E-state index < -0.39 is 0 Å². The van der Waals surface area contributed by atoms with E-state index in [4.69, 9.17) is 0 Å². The lowest BCUT2D eigenvalue weighted by molar-refractivity contribution is -0.129. The van der Waals surface area contributed by atoms with Gasteiger partial charge < -0.3 is 0 Å². The molecule has 1 aliphatic rings. The van der Waals surface area contributed by atoms with Crippen LogP contribution in [0.1, 0.15) is 34.1 Å². The van der Waals surface area contributed by atoms with Crippen LogP contribution in [0.4, 0.5) is 0 Å². The molecule has 1 fully saturated rings. The summed E-state index contributed by atoms with van der Waals surface area (Å²) in [5.41, 5.74) is 0.254. The number of rotatable bonds is 0. The minimum atomic E-state index is 0. The van der Waals surface area contributed by atoms with Crippen LogP contribution in [0.5, 0.6) is 0 Å². The predicted octanol–water partition coefficient (Wildman–Crippen LogP) is 2.36. The topological polar surface area (TPSA) is 20.3 Å². The first-order valence-electron chi connectivity index (χ1n) is 5.05. The van der Waals surface area contributed by atoms with E-state index in [0.717, 1.165) is 13.0 Å². The molecule has 0 bridgehead atoms. The highest BCUT2D eigenvalue weighted by Crippen LogP contribution is 2.33. The Kier molecular flexibility index (Phi) is 4.60. The number of carbonyl (C=O) groups is 1. The number of hydrogen-bond donors (Lipinski definition) is 0. The Morgan fingerprint density at radius 1 is 1.36 bits per heavy atom. The van der Waals surface area contributed by atoms with Crippen molar-refractivity contribution in [3.05, 3.63) is 0 Å². The van der Waals surface area contributed by atoms with Gasteiger partial charge in [-0.05, 0) is 25.3 Å². The Hall–Kier alpha value is -0.0800. The van der Waals surface area contributed by atoms with E-state index in [2.05, 4.69) is 25.7 Å². The van der Waals surface area contributed by atoms with E-state index in [9.17, 15) is 4.79 Å². The fourth-order valence-electron chi connectivity index (χ4n) is 1.81. The number of nitrogens with zero attached hydrogens (tertiary/aromatic N) is 1. The molecule has 0 aliphatic carbocycles. The molecule has 0 spiro atoms. The summed E-state index contributed by atoms with van der Waals surface area (Å²) in [7, 11) is 2.04. The van der Waals surface area contributed by atoms with Crippen LogP contribution in [0.3, 0.4) is 0 Å². The first-order chi connectivity index (χ1) is 5.82. The smallest absolute Gasteiger partial charge is 0.150 e. The molecular formula is C11H22ClNO. The largest absolute Gasteiger partial charge is 0.298 e. The molecule has 1 aliphatic heterocycles. The van der Waals surface area contributed by atoms with Crippen molar-refractivity contribution < 1.29 is 4.79 Å². The highest BCUT2D eigenvalue weighted by atomic mass is 35.5. The Morgan fingerprint density at radius 3 is 2.21 bits per heavy atom. The highest BCUT2D eigenvalue weighted by molar-refractivity contribution is 5.85. The number of piperidine rings is 1. The lowest BCUT2D eigenvalue weighted by Crippen LogP contribution is -2.48. The van der Waals surface area contributed by atoms with Crippen LogP contribution in [-0.4, -0.2) is 30.3 Å². The molecule has 2 unspecified atom stereocenters. The molecule has 14 heavy (non-hydrogen) atoms. The first kappa shape index (κ1) is 13.9. The molecule has 0 aromatic rings. The van der Waals surface area contributed by atoms with Gasteiger partial charge in [0.25, 0.3) is 0 Å². The zero-order valence-electron chi connectivity index (χ0n) is 9.83. The van der Waals surface area contributed by atoms with Gasteiger partial charge in [-0.1, -0.05) is 20.8 Å². The number of likely N-dealkylation sites (tertiary alicyclic amines) is 1. The molecular weight excluding hydrogens is 198 g/mol. The van der Waals surface area contributed by atoms with Crippen LogP contribution < -0.4 is 0 Å². The van der Waals surface area contributed by atoms with Gasteiger partial charge in [0.2, 0.25) is 0 Å². The van der Waals surface area contributed by atoms with Crippen molar-refractivity contribution in [1.82, 2.24) is 4.90 Å². The zero-order valence-corrected chi connectivity index (χ0v) is 10.6.